The van der Waals surface area contributed by atoms with E-state index in [2.05, 4.69) is 5.10 Å². The van der Waals surface area contributed by atoms with Gasteiger partial charge in [0.2, 0.25) is 0 Å². The second-order valence-electron chi connectivity index (χ2n) is 3.23. The zero-order valence-electron chi connectivity index (χ0n) is 8.73. The molecule has 0 aliphatic rings. The van der Waals surface area contributed by atoms with Crippen molar-refractivity contribution in [1.82, 2.24) is 14.3 Å². The minimum absolute atomic E-state index is 0.226. The van der Waals surface area contributed by atoms with Crippen LogP contribution < -0.4 is 11.2 Å². The van der Waals surface area contributed by atoms with Gasteiger partial charge in [0.05, 0.1) is 6.54 Å². The van der Waals surface area contributed by atoms with Crippen molar-refractivity contribution in [2.24, 2.45) is 0 Å². The van der Waals surface area contributed by atoms with Crippen molar-refractivity contribution in [2.45, 2.75) is 25.9 Å². The predicted octanol–water partition coefficient (Wildman–Crippen LogP) is 0.393. The van der Waals surface area contributed by atoms with E-state index in [-0.39, 0.29) is 6.54 Å². The monoisotopic (exact) mass is 249 g/mol. The van der Waals surface area contributed by atoms with Crippen LogP contribution >= 0.6 is 11.6 Å². The Morgan fingerprint density at radius 3 is 2.69 bits per heavy atom. The summed E-state index contributed by atoms with van der Waals surface area (Å²) in [7, 11) is 0. The molecule has 7 heteroatoms. The van der Waals surface area contributed by atoms with E-state index >= 15 is 0 Å². The lowest BCUT2D eigenvalue weighted by Gasteiger charge is -2.06. The Hall–Kier alpha value is -1.17. The van der Waals surface area contributed by atoms with E-state index in [1.807, 2.05) is 0 Å². The highest BCUT2D eigenvalue weighted by molar-refractivity contribution is 6.17. The molecule has 0 aromatic carbocycles. The molecule has 0 amide bonds. The molecule has 0 aliphatic carbocycles. The van der Waals surface area contributed by atoms with Gasteiger partial charge in [0, 0.05) is 12.4 Å². The number of rotatable bonds is 6. The lowest BCUT2D eigenvalue weighted by atomic mass is 10.3. The van der Waals surface area contributed by atoms with Crippen LogP contribution in [-0.4, -0.2) is 26.9 Å². The van der Waals surface area contributed by atoms with Crippen LogP contribution in [0.2, 0.25) is 0 Å². The summed E-state index contributed by atoms with van der Waals surface area (Å²) in [5.74, 6) is 0.513. The number of alkyl halides is 2. The third-order valence-corrected chi connectivity index (χ3v) is 2.35. The van der Waals surface area contributed by atoms with Gasteiger partial charge in [-0.15, -0.1) is 11.6 Å². The van der Waals surface area contributed by atoms with Crippen LogP contribution in [0.15, 0.2) is 15.8 Å². The first-order chi connectivity index (χ1) is 7.70. The predicted molar refractivity (Wildman–Crippen MR) is 58.7 cm³/mol. The fraction of sp³-hybridized carbons (Fsp3) is 0.667. The number of halogens is 2. The number of aryl methyl sites for hydroxylation is 1. The summed E-state index contributed by atoms with van der Waals surface area (Å²) in [6.45, 7) is -0.589. The SMILES string of the molecule is O=c1cnn(CCCCCl)c(=O)n1CCF. The van der Waals surface area contributed by atoms with Crippen LogP contribution in [0.5, 0.6) is 0 Å². The summed E-state index contributed by atoms with van der Waals surface area (Å²) in [6, 6.07) is 0. The first-order valence-corrected chi connectivity index (χ1v) is 5.53. The number of unbranched alkanes of at least 4 members (excludes halogenated alkanes) is 1. The van der Waals surface area contributed by atoms with Crippen molar-refractivity contribution < 1.29 is 4.39 Å². The topological polar surface area (TPSA) is 56.9 Å². The van der Waals surface area contributed by atoms with Crippen molar-refractivity contribution in [3.63, 3.8) is 0 Å². The van der Waals surface area contributed by atoms with Crippen molar-refractivity contribution in [3.05, 3.63) is 27.0 Å². The maximum absolute atomic E-state index is 12.1. The smallest absolute Gasteiger partial charge is 0.267 e. The van der Waals surface area contributed by atoms with Gasteiger partial charge >= 0.3 is 5.69 Å². The summed E-state index contributed by atoms with van der Waals surface area (Å²) < 4.78 is 14.1. The first kappa shape index (κ1) is 12.9. The highest BCUT2D eigenvalue weighted by Gasteiger charge is 2.05. The van der Waals surface area contributed by atoms with E-state index in [1.54, 1.807) is 0 Å². The second-order valence-corrected chi connectivity index (χ2v) is 3.60. The second kappa shape index (κ2) is 6.42. The van der Waals surface area contributed by atoms with Gasteiger partial charge in [-0.1, -0.05) is 0 Å². The molecule has 1 aromatic heterocycles. The molecule has 0 spiro atoms. The summed E-state index contributed by atoms with van der Waals surface area (Å²) in [5, 5.41) is 3.70. The molecule has 0 N–H and O–H groups in total. The molecule has 0 bridgehead atoms. The van der Waals surface area contributed by atoms with Crippen molar-refractivity contribution in [2.75, 3.05) is 12.6 Å². The molecule has 0 unspecified atom stereocenters. The summed E-state index contributed by atoms with van der Waals surface area (Å²) in [6.07, 6.45) is 2.49. The Morgan fingerprint density at radius 1 is 1.31 bits per heavy atom. The molecule has 1 heterocycles. The molecule has 90 valence electrons. The molecular formula is C9H13ClFN3O2. The number of hydrogen-bond acceptors (Lipinski definition) is 3. The Balaban J connectivity index is 2.90. The van der Waals surface area contributed by atoms with Crippen LogP contribution in [0.1, 0.15) is 12.8 Å². The van der Waals surface area contributed by atoms with Crippen molar-refractivity contribution >= 4 is 11.6 Å². The zero-order chi connectivity index (χ0) is 12.0. The van der Waals surface area contributed by atoms with Gasteiger partial charge in [-0.2, -0.15) is 5.10 Å². The lowest BCUT2D eigenvalue weighted by molar-refractivity contribution is 0.408. The summed E-state index contributed by atoms with van der Waals surface area (Å²) in [4.78, 5) is 22.8. The molecular weight excluding hydrogens is 237 g/mol. The quantitative estimate of drug-likeness (QED) is 0.542. The highest BCUT2D eigenvalue weighted by Crippen LogP contribution is 1.92. The standard InChI is InChI=1S/C9H13ClFN3O2/c10-3-1-2-5-14-9(16)13(6-4-11)8(15)7-12-14/h7H,1-6H2. The summed E-state index contributed by atoms with van der Waals surface area (Å²) in [5.41, 5.74) is -1.14. The molecule has 1 rings (SSSR count). The fourth-order valence-electron chi connectivity index (χ4n) is 1.27. The van der Waals surface area contributed by atoms with E-state index in [0.29, 0.717) is 18.8 Å². The largest absolute Gasteiger partial charge is 0.347 e. The Morgan fingerprint density at radius 2 is 2.06 bits per heavy atom. The summed E-state index contributed by atoms with van der Waals surface area (Å²) >= 11 is 5.50. The fourth-order valence-corrected chi connectivity index (χ4v) is 1.46. The Bertz CT molecular complexity index is 443. The van der Waals surface area contributed by atoms with E-state index in [9.17, 15) is 14.0 Å². The molecule has 0 atom stereocenters. The molecule has 5 nitrogen and oxygen atoms in total. The first-order valence-electron chi connectivity index (χ1n) is 4.99. The third kappa shape index (κ3) is 3.16. The lowest BCUT2D eigenvalue weighted by Crippen LogP contribution is -2.41. The van der Waals surface area contributed by atoms with Gasteiger partial charge in [0.25, 0.3) is 5.56 Å². The normalized spacial score (nSPS) is 10.6. The third-order valence-electron chi connectivity index (χ3n) is 2.09. The molecule has 0 aliphatic heterocycles. The van der Waals surface area contributed by atoms with Crippen LogP contribution in [0.3, 0.4) is 0 Å². The molecule has 16 heavy (non-hydrogen) atoms. The van der Waals surface area contributed by atoms with E-state index in [4.69, 9.17) is 11.6 Å². The molecule has 0 saturated carbocycles. The van der Waals surface area contributed by atoms with Gasteiger partial charge in [-0.25, -0.2) is 13.9 Å². The van der Waals surface area contributed by atoms with Gasteiger partial charge in [0.15, 0.2) is 0 Å². The zero-order valence-corrected chi connectivity index (χ0v) is 9.49. The Labute approximate surface area is 96.5 Å². The molecule has 1 aromatic rings. The van der Waals surface area contributed by atoms with Crippen LogP contribution in [-0.2, 0) is 13.1 Å². The van der Waals surface area contributed by atoms with E-state index in [0.717, 1.165) is 21.9 Å². The van der Waals surface area contributed by atoms with Gasteiger partial charge < -0.3 is 0 Å². The van der Waals surface area contributed by atoms with Crippen LogP contribution in [0, 0.1) is 0 Å². The maximum atomic E-state index is 12.1. The maximum Gasteiger partial charge on any atom is 0.347 e. The molecule has 0 saturated heterocycles. The minimum Gasteiger partial charge on any atom is -0.267 e. The van der Waals surface area contributed by atoms with Crippen LogP contribution in [0.25, 0.3) is 0 Å². The van der Waals surface area contributed by atoms with Gasteiger partial charge in [0.1, 0.15) is 12.9 Å². The highest BCUT2D eigenvalue weighted by atomic mass is 35.5. The van der Waals surface area contributed by atoms with Gasteiger partial charge in [-0.05, 0) is 12.8 Å². The average molecular weight is 250 g/mol. The molecule has 0 fully saturated rings. The van der Waals surface area contributed by atoms with E-state index in [1.165, 1.54) is 0 Å². The van der Waals surface area contributed by atoms with E-state index < -0.39 is 17.9 Å². The number of hydrogen-bond donors (Lipinski definition) is 0. The van der Waals surface area contributed by atoms with Crippen molar-refractivity contribution in [1.29, 1.82) is 0 Å². The molecule has 0 radical (unpaired) electrons. The number of nitrogens with zero attached hydrogens (tertiary/aromatic N) is 3. The number of aromatic nitrogens is 3. The Kier molecular flexibility index (Phi) is 5.18. The minimum atomic E-state index is -0.749. The average Bonchev–Trinajstić information content (AvgIpc) is 2.28. The van der Waals surface area contributed by atoms with Crippen LogP contribution in [0.4, 0.5) is 4.39 Å². The van der Waals surface area contributed by atoms with Crippen molar-refractivity contribution in [3.8, 4) is 0 Å². The van der Waals surface area contributed by atoms with Gasteiger partial charge in [-0.3, -0.25) is 9.36 Å².